The van der Waals surface area contributed by atoms with Crippen molar-refractivity contribution < 1.29 is 9.59 Å². The Labute approximate surface area is 111 Å². The molecule has 1 aliphatic heterocycles. The van der Waals surface area contributed by atoms with Crippen LogP contribution in [0.15, 0.2) is 12.3 Å². The number of rotatable bonds is 4. The van der Waals surface area contributed by atoms with Gasteiger partial charge in [0, 0.05) is 19.3 Å². The predicted molar refractivity (Wildman–Crippen MR) is 69.3 cm³/mol. The van der Waals surface area contributed by atoms with E-state index in [4.69, 9.17) is 5.73 Å². The summed E-state index contributed by atoms with van der Waals surface area (Å²) in [5.74, 6) is -0.728. The number of aryl methyl sites for hydroxylation is 1. The minimum Gasteiger partial charge on any atom is -0.368 e. The summed E-state index contributed by atoms with van der Waals surface area (Å²) in [7, 11) is 1.75. The lowest BCUT2D eigenvalue weighted by molar-refractivity contribution is -0.119. The summed E-state index contributed by atoms with van der Waals surface area (Å²) in [6.45, 7) is 1.63. The summed E-state index contributed by atoms with van der Waals surface area (Å²) < 4.78 is 1.57. The fraction of sp³-hybridized carbons (Fsp3) is 0.583. The van der Waals surface area contributed by atoms with Gasteiger partial charge in [0.25, 0.3) is 5.91 Å². The van der Waals surface area contributed by atoms with E-state index < -0.39 is 5.91 Å². The van der Waals surface area contributed by atoms with Crippen molar-refractivity contribution in [1.82, 2.24) is 20.0 Å². The van der Waals surface area contributed by atoms with Gasteiger partial charge in [-0.15, -0.1) is 0 Å². The number of nitrogens with two attached hydrogens (primary N) is 1. The fourth-order valence-electron chi connectivity index (χ4n) is 2.33. The molecule has 0 atom stereocenters. The number of piperidine rings is 1. The molecule has 2 heterocycles. The summed E-state index contributed by atoms with van der Waals surface area (Å²) in [6.07, 6.45) is 3.36. The zero-order chi connectivity index (χ0) is 13.8. The van der Waals surface area contributed by atoms with Crippen LogP contribution in [0, 0.1) is 0 Å². The lowest BCUT2D eigenvalue weighted by Crippen LogP contribution is -2.49. The van der Waals surface area contributed by atoms with Crippen molar-refractivity contribution in [2.75, 3.05) is 19.6 Å². The highest BCUT2D eigenvalue weighted by Gasteiger charge is 2.28. The van der Waals surface area contributed by atoms with Crippen LogP contribution in [0.2, 0.25) is 0 Å². The van der Waals surface area contributed by atoms with Crippen molar-refractivity contribution in [3.63, 3.8) is 0 Å². The third-order valence-electron chi connectivity index (χ3n) is 3.27. The normalized spacial score (nSPS) is 16.3. The van der Waals surface area contributed by atoms with E-state index in [2.05, 4.69) is 10.4 Å². The molecular weight excluding hydrogens is 246 g/mol. The molecule has 1 aromatic rings. The average Bonchev–Trinajstić information content (AvgIpc) is 2.83. The maximum atomic E-state index is 12.4. The number of hydrogen-bond acceptors (Lipinski definition) is 4. The maximum Gasteiger partial charge on any atom is 0.275 e. The second-order valence-corrected chi connectivity index (χ2v) is 4.76. The molecule has 3 N–H and O–H groups in total. The maximum absolute atomic E-state index is 12.4. The van der Waals surface area contributed by atoms with Gasteiger partial charge in [0.1, 0.15) is 5.69 Å². The van der Waals surface area contributed by atoms with Crippen molar-refractivity contribution in [2.24, 2.45) is 12.8 Å². The van der Waals surface area contributed by atoms with E-state index >= 15 is 0 Å². The van der Waals surface area contributed by atoms with Crippen LogP contribution < -0.4 is 11.1 Å². The van der Waals surface area contributed by atoms with Crippen molar-refractivity contribution in [3.05, 3.63) is 18.0 Å². The number of hydrogen-bond donors (Lipinski definition) is 2. The number of amides is 2. The van der Waals surface area contributed by atoms with Gasteiger partial charge in [-0.3, -0.25) is 14.3 Å². The fourth-order valence-corrected chi connectivity index (χ4v) is 2.33. The summed E-state index contributed by atoms with van der Waals surface area (Å²) in [5, 5.41) is 7.32. The first-order valence-corrected chi connectivity index (χ1v) is 6.37. The minimum absolute atomic E-state index is 0.0447. The third kappa shape index (κ3) is 3.31. The Balaban J connectivity index is 2.16. The first-order valence-electron chi connectivity index (χ1n) is 6.37. The van der Waals surface area contributed by atoms with Gasteiger partial charge in [0.05, 0.1) is 6.54 Å². The lowest BCUT2D eigenvalue weighted by Gasteiger charge is -2.33. The molecule has 2 amide bonds. The van der Waals surface area contributed by atoms with Gasteiger partial charge in [-0.2, -0.15) is 5.10 Å². The highest BCUT2D eigenvalue weighted by atomic mass is 16.2. The van der Waals surface area contributed by atoms with Gasteiger partial charge in [-0.1, -0.05) is 0 Å². The minimum atomic E-state index is -0.497. The highest BCUT2D eigenvalue weighted by Crippen LogP contribution is 2.14. The molecule has 7 nitrogen and oxygen atoms in total. The van der Waals surface area contributed by atoms with Crippen LogP contribution in [0.5, 0.6) is 0 Å². The standard InChI is InChI=1S/C12H19N5O2/c1-16-7-4-10(15-16)12(19)17(8-11(13)18)9-2-5-14-6-3-9/h4,7,9,14H,2-3,5-6,8H2,1H3,(H2,13,18). The van der Waals surface area contributed by atoms with Crippen LogP contribution in [-0.4, -0.2) is 52.2 Å². The highest BCUT2D eigenvalue weighted by molar-refractivity contribution is 5.94. The number of carbonyl (C=O) groups is 2. The summed E-state index contributed by atoms with van der Waals surface area (Å²) in [4.78, 5) is 25.1. The SMILES string of the molecule is Cn1ccc(C(=O)N(CC(N)=O)C2CCNCC2)n1. The van der Waals surface area contributed by atoms with Crippen molar-refractivity contribution in [1.29, 1.82) is 0 Å². The molecule has 0 unspecified atom stereocenters. The molecule has 0 aliphatic carbocycles. The summed E-state index contributed by atoms with van der Waals surface area (Å²) >= 11 is 0. The second kappa shape index (κ2) is 5.83. The second-order valence-electron chi connectivity index (χ2n) is 4.76. The van der Waals surface area contributed by atoms with Gasteiger partial charge in [-0.05, 0) is 32.0 Å². The molecule has 1 aliphatic rings. The molecule has 1 aromatic heterocycles. The Morgan fingerprint density at radius 3 is 2.74 bits per heavy atom. The quantitative estimate of drug-likeness (QED) is 0.738. The van der Waals surface area contributed by atoms with Crippen molar-refractivity contribution >= 4 is 11.8 Å². The lowest BCUT2D eigenvalue weighted by atomic mass is 10.0. The van der Waals surface area contributed by atoms with Crippen LogP contribution in [0.4, 0.5) is 0 Å². The smallest absolute Gasteiger partial charge is 0.275 e. The Kier molecular flexibility index (Phi) is 4.16. The monoisotopic (exact) mass is 265 g/mol. The van der Waals surface area contributed by atoms with E-state index in [1.807, 2.05) is 0 Å². The van der Waals surface area contributed by atoms with Crippen molar-refractivity contribution in [3.8, 4) is 0 Å². The molecule has 104 valence electrons. The van der Waals surface area contributed by atoms with E-state index in [1.54, 1.807) is 28.9 Å². The Morgan fingerprint density at radius 2 is 2.21 bits per heavy atom. The van der Waals surface area contributed by atoms with Crippen LogP contribution in [0.25, 0.3) is 0 Å². The molecule has 1 fully saturated rings. The molecule has 0 spiro atoms. The van der Waals surface area contributed by atoms with E-state index in [0.717, 1.165) is 25.9 Å². The number of nitrogens with zero attached hydrogens (tertiary/aromatic N) is 3. The summed E-state index contributed by atoms with van der Waals surface area (Å²) in [5.41, 5.74) is 5.60. The largest absolute Gasteiger partial charge is 0.368 e. The molecule has 0 saturated carbocycles. The number of aromatic nitrogens is 2. The van der Waals surface area contributed by atoms with E-state index in [9.17, 15) is 9.59 Å². The average molecular weight is 265 g/mol. The Morgan fingerprint density at radius 1 is 1.53 bits per heavy atom. The van der Waals surface area contributed by atoms with Crippen molar-refractivity contribution in [2.45, 2.75) is 18.9 Å². The zero-order valence-electron chi connectivity index (χ0n) is 11.0. The number of carbonyl (C=O) groups excluding carboxylic acids is 2. The third-order valence-corrected chi connectivity index (χ3v) is 3.27. The van der Waals surface area contributed by atoms with E-state index in [-0.39, 0.29) is 18.5 Å². The van der Waals surface area contributed by atoms with Gasteiger partial charge < -0.3 is 16.0 Å². The Hall–Kier alpha value is -1.89. The predicted octanol–water partition coefficient (Wildman–Crippen LogP) is -0.900. The first-order chi connectivity index (χ1) is 9.08. The van der Waals surface area contributed by atoms with Gasteiger partial charge >= 0.3 is 0 Å². The van der Waals surface area contributed by atoms with Crippen LogP contribution in [0.1, 0.15) is 23.3 Å². The van der Waals surface area contributed by atoms with Crippen LogP contribution in [-0.2, 0) is 11.8 Å². The number of primary amides is 1. The van der Waals surface area contributed by atoms with Gasteiger partial charge in [-0.25, -0.2) is 0 Å². The van der Waals surface area contributed by atoms with Gasteiger partial charge in [0.2, 0.25) is 5.91 Å². The van der Waals surface area contributed by atoms with E-state index in [0.29, 0.717) is 5.69 Å². The molecule has 0 aromatic carbocycles. The topological polar surface area (TPSA) is 93.3 Å². The molecule has 2 rings (SSSR count). The Bertz CT molecular complexity index is 464. The molecule has 0 bridgehead atoms. The molecular formula is C12H19N5O2. The number of nitrogens with one attached hydrogen (secondary N) is 1. The van der Waals surface area contributed by atoms with E-state index in [1.165, 1.54) is 0 Å². The van der Waals surface area contributed by atoms with Crippen LogP contribution in [0.3, 0.4) is 0 Å². The summed E-state index contributed by atoms with van der Waals surface area (Å²) in [6, 6.07) is 1.69. The zero-order valence-corrected chi connectivity index (χ0v) is 11.0. The van der Waals surface area contributed by atoms with Crippen LogP contribution >= 0.6 is 0 Å². The molecule has 19 heavy (non-hydrogen) atoms. The first kappa shape index (κ1) is 13.5. The van der Waals surface area contributed by atoms with Gasteiger partial charge in [0.15, 0.2) is 0 Å². The molecule has 0 radical (unpaired) electrons. The molecule has 7 heteroatoms. The molecule has 1 saturated heterocycles.